The lowest BCUT2D eigenvalue weighted by molar-refractivity contribution is 0.0827. The van der Waals surface area contributed by atoms with Gasteiger partial charge < -0.3 is 19.4 Å². The van der Waals surface area contributed by atoms with Crippen molar-refractivity contribution in [2.45, 2.75) is 6.61 Å². The number of rotatable bonds is 5. The lowest BCUT2D eigenvalue weighted by Crippen LogP contribution is -2.22. The minimum atomic E-state index is -0.419. The first kappa shape index (κ1) is 17.1. The summed E-state index contributed by atoms with van der Waals surface area (Å²) < 4.78 is 10.3. The highest BCUT2D eigenvalue weighted by Gasteiger charge is 2.16. The maximum absolute atomic E-state index is 12.2. The highest BCUT2D eigenvalue weighted by molar-refractivity contribution is 6.34. The quantitative estimate of drug-likeness (QED) is 0.911. The van der Waals surface area contributed by atoms with Crippen molar-refractivity contribution in [3.63, 3.8) is 0 Å². The molecule has 2 aromatic rings. The van der Waals surface area contributed by atoms with Gasteiger partial charge in [0.15, 0.2) is 5.76 Å². The molecule has 6 nitrogen and oxygen atoms in total. The predicted octanol–water partition coefficient (Wildman–Crippen LogP) is 3.03. The number of hydrogen-bond donors (Lipinski definition) is 1. The average Bonchev–Trinajstić information content (AvgIpc) is 2.97. The molecule has 0 aliphatic rings. The van der Waals surface area contributed by atoms with E-state index < -0.39 is 5.91 Å². The predicted molar refractivity (Wildman–Crippen MR) is 86.8 cm³/mol. The molecule has 23 heavy (non-hydrogen) atoms. The summed E-state index contributed by atoms with van der Waals surface area (Å²) >= 11 is 6.03. The monoisotopic (exact) mass is 336 g/mol. The maximum atomic E-state index is 12.2. The molecule has 0 bridgehead atoms. The molecule has 2 rings (SSSR count). The topological polar surface area (TPSA) is 71.8 Å². The summed E-state index contributed by atoms with van der Waals surface area (Å²) in [6.45, 7) is 0.287. The number of halogens is 1. The van der Waals surface area contributed by atoms with Gasteiger partial charge in [0.05, 0.1) is 10.6 Å². The summed E-state index contributed by atoms with van der Waals surface area (Å²) in [7, 11) is 4.80. The Morgan fingerprint density at radius 1 is 1.26 bits per heavy atom. The van der Waals surface area contributed by atoms with Crippen LogP contribution in [0.4, 0.5) is 5.69 Å². The van der Waals surface area contributed by atoms with Gasteiger partial charge in [-0.1, -0.05) is 11.6 Å². The molecule has 0 atom stereocenters. The molecule has 122 valence electrons. The van der Waals surface area contributed by atoms with Crippen LogP contribution in [0.2, 0.25) is 5.02 Å². The molecule has 2 amide bonds. The molecule has 0 radical (unpaired) electrons. The second-order valence-corrected chi connectivity index (χ2v) is 5.45. The van der Waals surface area contributed by atoms with Crippen molar-refractivity contribution >= 4 is 29.1 Å². The Morgan fingerprint density at radius 2 is 2.00 bits per heavy atom. The number of carbonyl (C=O) groups excluding carboxylic acids is 2. The molecule has 1 heterocycles. The van der Waals surface area contributed by atoms with Crippen LogP contribution in [0.15, 0.2) is 34.7 Å². The summed E-state index contributed by atoms with van der Waals surface area (Å²) in [4.78, 5) is 25.6. The molecule has 0 unspecified atom stereocenters. The van der Waals surface area contributed by atoms with Crippen LogP contribution in [-0.2, 0) is 11.3 Å². The normalized spacial score (nSPS) is 10.4. The van der Waals surface area contributed by atoms with E-state index in [2.05, 4.69) is 5.32 Å². The van der Waals surface area contributed by atoms with Gasteiger partial charge in [0, 0.05) is 26.9 Å². The Bertz CT molecular complexity index is 725. The van der Waals surface area contributed by atoms with Gasteiger partial charge in [0.1, 0.15) is 12.4 Å². The number of ether oxygens (including phenoxy) is 1. The van der Waals surface area contributed by atoms with Crippen molar-refractivity contribution < 1.29 is 18.7 Å². The molecule has 1 N–H and O–H groups in total. The first-order valence-corrected chi connectivity index (χ1v) is 7.20. The zero-order chi connectivity index (χ0) is 17.0. The van der Waals surface area contributed by atoms with E-state index in [1.165, 1.54) is 11.0 Å². The number of nitrogens with one attached hydrogen (secondary N) is 1. The minimum Gasteiger partial charge on any atom is -0.453 e. The summed E-state index contributed by atoms with van der Waals surface area (Å²) in [5.74, 6) is 0.0501. The molecule has 7 heteroatoms. The molecule has 0 saturated carbocycles. The largest absolute Gasteiger partial charge is 0.453 e. The number of nitrogens with zero attached hydrogens (tertiary/aromatic N) is 1. The molecular formula is C16H17ClN2O4. The van der Waals surface area contributed by atoms with Gasteiger partial charge in [-0.15, -0.1) is 0 Å². The third kappa shape index (κ3) is 4.12. The van der Waals surface area contributed by atoms with Crippen LogP contribution in [0.1, 0.15) is 26.7 Å². The first-order chi connectivity index (χ1) is 10.9. The lowest BCUT2D eigenvalue weighted by atomic mass is 10.1. The molecular weight excluding hydrogens is 320 g/mol. The molecule has 0 fully saturated rings. The van der Waals surface area contributed by atoms with Gasteiger partial charge in [-0.2, -0.15) is 0 Å². The van der Waals surface area contributed by atoms with E-state index in [-0.39, 0.29) is 18.3 Å². The maximum Gasteiger partial charge on any atom is 0.291 e. The van der Waals surface area contributed by atoms with Gasteiger partial charge in [-0.3, -0.25) is 9.59 Å². The molecule has 0 aliphatic carbocycles. The van der Waals surface area contributed by atoms with Crippen LogP contribution in [0, 0.1) is 0 Å². The number of amides is 2. The number of carbonyl (C=O) groups is 2. The van der Waals surface area contributed by atoms with E-state index in [0.29, 0.717) is 22.0 Å². The zero-order valence-corrected chi connectivity index (χ0v) is 13.8. The van der Waals surface area contributed by atoms with Crippen molar-refractivity contribution in [2.24, 2.45) is 0 Å². The second-order valence-electron chi connectivity index (χ2n) is 5.05. The van der Waals surface area contributed by atoms with Crippen molar-refractivity contribution in [3.8, 4) is 0 Å². The van der Waals surface area contributed by atoms with Gasteiger partial charge in [-0.25, -0.2) is 0 Å². The zero-order valence-electron chi connectivity index (χ0n) is 13.1. The smallest absolute Gasteiger partial charge is 0.291 e. The highest BCUT2D eigenvalue weighted by atomic mass is 35.5. The van der Waals surface area contributed by atoms with E-state index in [9.17, 15) is 9.59 Å². The van der Waals surface area contributed by atoms with Crippen molar-refractivity contribution in [1.29, 1.82) is 0 Å². The first-order valence-electron chi connectivity index (χ1n) is 6.82. The third-order valence-electron chi connectivity index (χ3n) is 3.03. The fraction of sp³-hybridized carbons (Fsp3) is 0.250. The summed E-state index contributed by atoms with van der Waals surface area (Å²) in [5.41, 5.74) is 0.767. The Balaban J connectivity index is 2.17. The van der Waals surface area contributed by atoms with E-state index in [4.69, 9.17) is 20.8 Å². The Kier molecular flexibility index (Phi) is 5.41. The molecule has 0 spiro atoms. The van der Waals surface area contributed by atoms with Crippen LogP contribution in [-0.4, -0.2) is 37.9 Å². The number of benzene rings is 1. The third-order valence-corrected chi connectivity index (χ3v) is 3.36. The van der Waals surface area contributed by atoms with Crippen LogP contribution in [0.5, 0.6) is 0 Å². The number of furan rings is 1. The SMILES string of the molecule is COCc1ccc(C(=O)Nc2ccc(Cl)c(C(=O)N(C)C)c2)o1. The average molecular weight is 337 g/mol. The van der Waals surface area contributed by atoms with Crippen molar-refractivity contribution in [3.05, 3.63) is 52.4 Å². The summed E-state index contributed by atoms with van der Waals surface area (Å²) in [6.07, 6.45) is 0. The van der Waals surface area contributed by atoms with Crippen LogP contribution >= 0.6 is 11.6 Å². The summed E-state index contributed by atoms with van der Waals surface area (Å²) in [5, 5.41) is 2.99. The highest BCUT2D eigenvalue weighted by Crippen LogP contribution is 2.22. The van der Waals surface area contributed by atoms with E-state index in [1.54, 1.807) is 45.5 Å². The van der Waals surface area contributed by atoms with Gasteiger partial charge in [0.2, 0.25) is 0 Å². The molecule has 0 aliphatic heterocycles. The van der Waals surface area contributed by atoms with Gasteiger partial charge in [0.25, 0.3) is 11.8 Å². The molecule has 1 aromatic heterocycles. The Morgan fingerprint density at radius 3 is 2.65 bits per heavy atom. The summed E-state index contributed by atoms with van der Waals surface area (Å²) in [6, 6.07) is 7.94. The van der Waals surface area contributed by atoms with E-state index >= 15 is 0 Å². The minimum absolute atomic E-state index is 0.160. The number of anilines is 1. The molecule has 1 aromatic carbocycles. The molecule has 0 saturated heterocycles. The fourth-order valence-electron chi connectivity index (χ4n) is 1.92. The van der Waals surface area contributed by atoms with Crippen molar-refractivity contribution in [2.75, 3.05) is 26.5 Å². The Hall–Kier alpha value is -2.31. The van der Waals surface area contributed by atoms with Crippen LogP contribution in [0.25, 0.3) is 0 Å². The Labute approximate surface area is 139 Å². The second kappa shape index (κ2) is 7.30. The van der Waals surface area contributed by atoms with Crippen molar-refractivity contribution in [1.82, 2.24) is 4.90 Å². The van der Waals surface area contributed by atoms with E-state index in [0.717, 1.165) is 0 Å². The van der Waals surface area contributed by atoms with Crippen LogP contribution in [0.3, 0.4) is 0 Å². The van der Waals surface area contributed by atoms with Gasteiger partial charge >= 0.3 is 0 Å². The standard InChI is InChI=1S/C16H17ClN2O4/c1-19(2)16(21)12-8-10(4-6-13(12)17)18-15(20)14-7-5-11(23-14)9-22-3/h4-8H,9H2,1-3H3,(H,18,20). The fourth-order valence-corrected chi connectivity index (χ4v) is 2.12. The van der Waals surface area contributed by atoms with Crippen LogP contribution < -0.4 is 5.32 Å². The lowest BCUT2D eigenvalue weighted by Gasteiger charge is -2.13. The number of methoxy groups -OCH3 is 1. The number of hydrogen-bond acceptors (Lipinski definition) is 4. The van der Waals surface area contributed by atoms with Gasteiger partial charge in [-0.05, 0) is 30.3 Å². The van der Waals surface area contributed by atoms with E-state index in [1.807, 2.05) is 0 Å².